The second-order valence-corrected chi connectivity index (χ2v) is 25.7. The van der Waals surface area contributed by atoms with Gasteiger partial charge in [0.1, 0.15) is 19.3 Å². The third-order valence-electron chi connectivity index (χ3n) is 14.9. The van der Waals surface area contributed by atoms with Gasteiger partial charge in [-0.3, -0.25) is 14.2 Å². The van der Waals surface area contributed by atoms with Crippen molar-refractivity contribution in [3.63, 3.8) is 0 Å². The first kappa shape index (κ1) is 81.4. The van der Waals surface area contributed by atoms with Crippen LogP contribution in [0.4, 0.5) is 0 Å². The minimum Gasteiger partial charge on any atom is -0.756 e. The summed E-state index contributed by atoms with van der Waals surface area (Å²) in [6.07, 6.45) is 88.8. The molecule has 0 saturated heterocycles. The molecule has 488 valence electrons. The molecule has 0 aliphatic carbocycles. The molecule has 0 saturated carbocycles. The van der Waals surface area contributed by atoms with Gasteiger partial charge in [0, 0.05) is 12.8 Å². The number of unbranched alkanes of at least 4 members (excludes halogenated alkanes) is 28. The maximum absolute atomic E-state index is 13.6. The molecule has 9 nitrogen and oxygen atoms in total. The van der Waals surface area contributed by atoms with Gasteiger partial charge in [-0.15, -0.1) is 0 Å². The van der Waals surface area contributed by atoms with Crippen molar-refractivity contribution in [3.05, 3.63) is 122 Å². The Hall–Kier alpha value is -3.59. The SMILES string of the molecule is CC/C=C\C/C=C\C/C=C\C/C=C\C/C=C\CCCCCCCC(=O)OC(/C=C\CCCCCCCCCCCCC)C(COP(=O)([O-])OCC[N+](C)(C)C)NC(=O)CCCCCCCCCCC/C=C\C/C=C\C/C=C\C/C=C\CCCCC. The molecule has 0 aliphatic heterocycles. The van der Waals surface area contributed by atoms with E-state index in [1.165, 1.54) is 116 Å². The van der Waals surface area contributed by atoms with Crippen LogP contribution >= 0.6 is 7.82 Å². The zero-order valence-electron chi connectivity index (χ0n) is 55.8. The van der Waals surface area contributed by atoms with Gasteiger partial charge in [-0.1, -0.05) is 277 Å². The Morgan fingerprint density at radius 2 is 0.753 bits per heavy atom. The van der Waals surface area contributed by atoms with Crippen molar-refractivity contribution in [3.8, 4) is 0 Å². The molecule has 10 heteroatoms. The summed E-state index contributed by atoms with van der Waals surface area (Å²) < 4.78 is 30.4. The summed E-state index contributed by atoms with van der Waals surface area (Å²) in [5.74, 6) is -0.572. The number of allylic oxidation sites excluding steroid dienone is 19. The first-order chi connectivity index (χ1) is 41.4. The van der Waals surface area contributed by atoms with Crippen molar-refractivity contribution < 1.29 is 37.3 Å². The van der Waals surface area contributed by atoms with Crippen molar-refractivity contribution in [1.82, 2.24) is 5.32 Å². The number of ether oxygens (including phenoxy) is 1. The molecule has 1 N–H and O–H groups in total. The van der Waals surface area contributed by atoms with E-state index in [4.69, 9.17) is 13.8 Å². The number of nitrogens with one attached hydrogen (secondary N) is 1. The smallest absolute Gasteiger partial charge is 0.306 e. The van der Waals surface area contributed by atoms with E-state index in [1.54, 1.807) is 0 Å². The predicted molar refractivity (Wildman–Crippen MR) is 367 cm³/mol. The number of phosphoric ester groups is 1. The Labute approximate surface area is 524 Å². The number of hydrogen-bond donors (Lipinski definition) is 1. The first-order valence-electron chi connectivity index (χ1n) is 34.8. The van der Waals surface area contributed by atoms with Crippen LogP contribution in [0.5, 0.6) is 0 Å². The van der Waals surface area contributed by atoms with Gasteiger partial charge in [0.15, 0.2) is 0 Å². The van der Waals surface area contributed by atoms with Crippen LogP contribution in [0.25, 0.3) is 0 Å². The zero-order valence-corrected chi connectivity index (χ0v) is 56.7. The summed E-state index contributed by atoms with van der Waals surface area (Å²) in [6.45, 7) is 6.69. The summed E-state index contributed by atoms with van der Waals surface area (Å²) in [5.41, 5.74) is 0. The first-order valence-corrected chi connectivity index (χ1v) is 36.3. The van der Waals surface area contributed by atoms with Crippen molar-refractivity contribution in [1.29, 1.82) is 0 Å². The number of hydrogen-bond acceptors (Lipinski definition) is 7. The van der Waals surface area contributed by atoms with E-state index in [0.29, 0.717) is 23.9 Å². The fourth-order valence-electron chi connectivity index (χ4n) is 9.53. The lowest BCUT2D eigenvalue weighted by atomic mass is 10.0. The summed E-state index contributed by atoms with van der Waals surface area (Å²) in [4.78, 5) is 40.2. The van der Waals surface area contributed by atoms with Crippen LogP contribution < -0.4 is 10.2 Å². The Morgan fingerprint density at radius 3 is 1.15 bits per heavy atom. The van der Waals surface area contributed by atoms with Crippen LogP contribution in [0, 0.1) is 0 Å². The van der Waals surface area contributed by atoms with E-state index in [2.05, 4.69) is 135 Å². The summed E-state index contributed by atoms with van der Waals surface area (Å²) in [6, 6.07) is -0.910. The maximum Gasteiger partial charge on any atom is 0.306 e. The molecule has 0 fully saturated rings. The molecule has 0 heterocycles. The molecule has 0 bridgehead atoms. The third kappa shape index (κ3) is 64.7. The molecule has 3 unspecified atom stereocenters. The lowest BCUT2D eigenvalue weighted by Gasteiger charge is -2.30. The van der Waals surface area contributed by atoms with Crippen molar-refractivity contribution in [2.24, 2.45) is 0 Å². The molecule has 85 heavy (non-hydrogen) atoms. The van der Waals surface area contributed by atoms with Gasteiger partial charge in [-0.25, -0.2) is 0 Å². The average molecular weight is 1200 g/mol. The molecule has 0 radical (unpaired) electrons. The van der Waals surface area contributed by atoms with Gasteiger partial charge in [-0.05, 0) is 122 Å². The number of rotatable bonds is 62. The van der Waals surface area contributed by atoms with Gasteiger partial charge in [0.2, 0.25) is 5.91 Å². The van der Waals surface area contributed by atoms with E-state index >= 15 is 0 Å². The van der Waals surface area contributed by atoms with Gasteiger partial charge < -0.3 is 28.5 Å². The number of quaternary nitrogens is 1. The van der Waals surface area contributed by atoms with Crippen LogP contribution in [0.3, 0.4) is 0 Å². The Kier molecular flexibility index (Phi) is 60.8. The number of nitrogens with zero attached hydrogens (tertiary/aromatic N) is 1. The summed E-state index contributed by atoms with van der Waals surface area (Å²) >= 11 is 0. The second kappa shape index (κ2) is 63.4. The van der Waals surface area contributed by atoms with Crippen molar-refractivity contribution in [2.75, 3.05) is 40.9 Å². The standard InChI is InChI=1S/C75H131N2O7P/c1-7-10-13-16-19-22-25-28-30-32-34-36-37-38-39-41-42-44-46-49-52-55-58-61-64-67-74(78)76-72(71-83-85(80,81)82-70-69-77(4,5)6)73(66-63-60-57-54-51-48-27-24-21-18-15-12-9-3)84-75(79)68-65-62-59-56-53-50-47-45-43-40-35-33-31-29-26-23-20-17-14-11-8-2/h11,14,19-20,22-23,28-31,34-36,38-40,45,47,63,66,72-73H,7-10,12-13,15-18,21,24-27,32-33,37,41-44,46,48-62,64-65,67-71H2,1-6H3,(H-,76,78,80,81)/b14-11-,22-19-,23-20-,30-28-,31-29-,36-34-,39-38-,40-35-,47-45-,66-63-. The highest BCUT2D eigenvalue weighted by molar-refractivity contribution is 7.45. The number of carbonyl (C=O) groups is 2. The number of esters is 1. The van der Waals surface area contributed by atoms with Crippen LogP contribution in [0.15, 0.2) is 122 Å². The highest BCUT2D eigenvalue weighted by Gasteiger charge is 2.27. The topological polar surface area (TPSA) is 114 Å². The van der Waals surface area contributed by atoms with Gasteiger partial charge in [0.05, 0.1) is 33.8 Å². The molecule has 1 amide bonds. The summed E-state index contributed by atoms with van der Waals surface area (Å²) in [5, 5.41) is 3.03. The third-order valence-corrected chi connectivity index (χ3v) is 15.8. The fraction of sp³-hybridized carbons (Fsp3) is 0.707. The number of likely N-dealkylation sites (N-methyl/N-ethyl adjacent to an activating group) is 1. The van der Waals surface area contributed by atoms with E-state index in [0.717, 1.165) is 135 Å². The molecule has 0 rings (SSSR count). The van der Waals surface area contributed by atoms with Crippen molar-refractivity contribution >= 4 is 19.7 Å². The molecular formula is C75H131N2O7P. The largest absolute Gasteiger partial charge is 0.756 e. The molecule has 0 aromatic heterocycles. The Bertz CT molecular complexity index is 1870. The highest BCUT2D eigenvalue weighted by Crippen LogP contribution is 2.38. The zero-order chi connectivity index (χ0) is 62.1. The Balaban J connectivity index is 5.20. The number of phosphoric acid groups is 1. The van der Waals surface area contributed by atoms with E-state index in [-0.39, 0.29) is 24.9 Å². The van der Waals surface area contributed by atoms with Crippen molar-refractivity contribution in [2.45, 2.75) is 303 Å². The quantitative estimate of drug-likeness (QED) is 0.0212. The second-order valence-electron chi connectivity index (χ2n) is 24.3. The number of carbonyl (C=O) groups excluding carboxylic acids is 2. The maximum atomic E-state index is 13.6. The fourth-order valence-corrected chi connectivity index (χ4v) is 10.3. The van der Waals surface area contributed by atoms with Crippen LogP contribution in [-0.4, -0.2) is 69.4 Å². The molecule has 3 atom stereocenters. The lowest BCUT2D eigenvalue weighted by molar-refractivity contribution is -0.870. The molecular weight excluding hydrogens is 1070 g/mol. The summed E-state index contributed by atoms with van der Waals surface area (Å²) in [7, 11) is 1.16. The van der Waals surface area contributed by atoms with Gasteiger partial charge >= 0.3 is 5.97 Å². The van der Waals surface area contributed by atoms with Crippen LogP contribution in [-0.2, 0) is 27.9 Å². The van der Waals surface area contributed by atoms with Gasteiger partial charge in [0.25, 0.3) is 7.82 Å². The highest BCUT2D eigenvalue weighted by atomic mass is 31.2. The van der Waals surface area contributed by atoms with E-state index in [1.807, 2.05) is 33.3 Å². The molecule has 0 aliphatic rings. The van der Waals surface area contributed by atoms with E-state index < -0.39 is 26.6 Å². The van der Waals surface area contributed by atoms with Gasteiger partial charge in [-0.2, -0.15) is 0 Å². The monoisotopic (exact) mass is 1200 g/mol. The van der Waals surface area contributed by atoms with E-state index in [9.17, 15) is 19.0 Å². The molecule has 0 spiro atoms. The number of amides is 1. The van der Waals surface area contributed by atoms with Crippen LogP contribution in [0.1, 0.15) is 290 Å². The van der Waals surface area contributed by atoms with Crippen LogP contribution in [0.2, 0.25) is 0 Å². The molecule has 0 aromatic carbocycles. The Morgan fingerprint density at radius 1 is 0.424 bits per heavy atom. The minimum absolute atomic E-state index is 0.0330. The lowest BCUT2D eigenvalue weighted by Crippen LogP contribution is -2.47. The molecule has 0 aromatic rings. The predicted octanol–water partition coefficient (Wildman–Crippen LogP) is 21.6. The normalized spacial score (nSPS) is 14.3. The minimum atomic E-state index is -4.72. The average Bonchev–Trinajstić information content (AvgIpc) is 3.48.